The lowest BCUT2D eigenvalue weighted by atomic mass is 9.98. The normalized spacial score (nSPS) is 16.4. The third kappa shape index (κ3) is 6.02. The Morgan fingerprint density at radius 1 is 1.29 bits per heavy atom. The molecule has 0 spiro atoms. The Bertz CT molecular complexity index is 1040. The first-order valence-corrected chi connectivity index (χ1v) is 11.8. The molecule has 2 aromatic rings. The Labute approximate surface area is 181 Å². The maximum atomic E-state index is 12.0. The van der Waals surface area contributed by atoms with Gasteiger partial charge < -0.3 is 19.8 Å². The van der Waals surface area contributed by atoms with Gasteiger partial charge in [0.15, 0.2) is 9.84 Å². The molecule has 1 aromatic heterocycles. The number of ether oxygens (including phenoxy) is 1. The summed E-state index contributed by atoms with van der Waals surface area (Å²) in [7, 11) is -3.41. The number of hydrogen-bond acceptors (Lipinski definition) is 10. The molecule has 10 nitrogen and oxygen atoms in total. The monoisotopic (exact) mass is 452 g/mol. The van der Waals surface area contributed by atoms with Gasteiger partial charge in [-0.25, -0.2) is 13.2 Å². The minimum absolute atomic E-state index is 0.00960. The molecule has 0 amide bonds. The molecule has 1 aliphatic rings. The first-order valence-electron chi connectivity index (χ1n) is 9.95. The van der Waals surface area contributed by atoms with Crippen LogP contribution in [0.2, 0.25) is 0 Å². The van der Waals surface area contributed by atoms with Gasteiger partial charge in [-0.2, -0.15) is 4.98 Å². The average molecular weight is 453 g/mol. The minimum Gasteiger partial charge on any atom is -0.398 e. The minimum atomic E-state index is -3.41. The Kier molecular flexibility index (Phi) is 6.68. The van der Waals surface area contributed by atoms with Crippen molar-refractivity contribution in [3.8, 4) is 11.4 Å². The quantitative estimate of drug-likeness (QED) is 0.649. The van der Waals surface area contributed by atoms with Crippen molar-refractivity contribution in [1.82, 2.24) is 15.2 Å². The number of anilines is 1. The number of sulfone groups is 1. The van der Waals surface area contributed by atoms with Gasteiger partial charge in [0.1, 0.15) is 6.61 Å². The summed E-state index contributed by atoms with van der Waals surface area (Å²) in [6.07, 6.45) is 2.51. The predicted octanol–water partition coefficient (Wildman–Crippen LogP) is 2.21. The molecule has 3 rings (SSSR count). The van der Waals surface area contributed by atoms with Crippen LogP contribution >= 0.6 is 0 Å². The molecule has 170 valence electrons. The van der Waals surface area contributed by atoms with Crippen LogP contribution in [0.5, 0.6) is 0 Å². The van der Waals surface area contributed by atoms with Gasteiger partial charge in [0.05, 0.1) is 22.1 Å². The Morgan fingerprint density at radius 2 is 1.97 bits per heavy atom. The fourth-order valence-corrected chi connectivity index (χ4v) is 3.79. The molecule has 1 fully saturated rings. The number of carbonyl (C=O) groups is 1. The fraction of sp³-hybridized carbons (Fsp3) is 0.550. The number of piperidine rings is 1. The highest BCUT2D eigenvalue weighted by Gasteiger charge is 2.28. The molecular weight excluding hydrogens is 424 g/mol. The maximum Gasteiger partial charge on any atom is 0.330 e. The smallest absolute Gasteiger partial charge is 0.330 e. The van der Waals surface area contributed by atoms with E-state index in [0.717, 1.165) is 6.26 Å². The summed E-state index contributed by atoms with van der Waals surface area (Å²) in [5.74, 6) is 0.354. The van der Waals surface area contributed by atoms with Crippen molar-refractivity contribution >= 4 is 21.5 Å². The zero-order valence-electron chi connectivity index (χ0n) is 18.1. The lowest BCUT2D eigenvalue weighted by molar-refractivity contribution is -0.209. The summed E-state index contributed by atoms with van der Waals surface area (Å²) in [6, 6.07) is 4.50. The second-order valence-corrected chi connectivity index (χ2v) is 10.6. The van der Waals surface area contributed by atoms with Gasteiger partial charge in [-0.05, 0) is 51.8 Å². The molecule has 1 saturated heterocycles. The van der Waals surface area contributed by atoms with Crippen molar-refractivity contribution in [3.63, 3.8) is 0 Å². The van der Waals surface area contributed by atoms with Crippen LogP contribution in [-0.2, 0) is 30.8 Å². The second-order valence-electron chi connectivity index (χ2n) is 8.60. The maximum absolute atomic E-state index is 12.0. The standard InChI is InChI=1S/C20H28N4O6S/c1-20(2,3)19(25)30-24-9-7-14(8-10-24)28-12-17-22-18(23-29-17)13-5-6-16(15(21)11-13)31(4,26)27/h5-6,11,14H,7-10,12,21H2,1-4H3. The number of nitrogens with zero attached hydrogens (tertiary/aromatic N) is 3. The average Bonchev–Trinajstić information content (AvgIpc) is 3.14. The van der Waals surface area contributed by atoms with Gasteiger partial charge in [-0.1, -0.05) is 5.16 Å². The van der Waals surface area contributed by atoms with Crippen LogP contribution in [0, 0.1) is 5.41 Å². The molecule has 0 unspecified atom stereocenters. The summed E-state index contributed by atoms with van der Waals surface area (Å²) in [5, 5.41) is 5.58. The topological polar surface area (TPSA) is 138 Å². The summed E-state index contributed by atoms with van der Waals surface area (Å²) in [6.45, 7) is 6.78. The van der Waals surface area contributed by atoms with E-state index in [1.165, 1.54) is 12.1 Å². The number of carbonyl (C=O) groups excluding carboxylic acids is 1. The van der Waals surface area contributed by atoms with Crippen LogP contribution in [0.1, 0.15) is 39.5 Å². The molecule has 1 aliphatic heterocycles. The van der Waals surface area contributed by atoms with Gasteiger partial charge in [-0.15, -0.1) is 5.06 Å². The molecule has 0 atom stereocenters. The molecule has 31 heavy (non-hydrogen) atoms. The van der Waals surface area contributed by atoms with Crippen LogP contribution in [0.15, 0.2) is 27.6 Å². The van der Waals surface area contributed by atoms with Crippen molar-refractivity contribution in [2.45, 2.75) is 51.2 Å². The summed E-state index contributed by atoms with van der Waals surface area (Å²) in [5.41, 5.74) is 5.98. The van der Waals surface area contributed by atoms with E-state index < -0.39 is 15.3 Å². The van der Waals surface area contributed by atoms with E-state index in [2.05, 4.69) is 10.1 Å². The van der Waals surface area contributed by atoms with Crippen molar-refractivity contribution in [1.29, 1.82) is 0 Å². The number of nitrogen functional groups attached to an aromatic ring is 1. The SMILES string of the molecule is CC(C)(C)C(=O)ON1CCC(OCc2nc(-c3ccc(S(C)(=O)=O)c(N)c3)no2)CC1. The van der Waals surface area contributed by atoms with E-state index in [9.17, 15) is 13.2 Å². The summed E-state index contributed by atoms with van der Waals surface area (Å²) < 4.78 is 34.5. The third-order valence-corrected chi connectivity index (χ3v) is 5.97. The summed E-state index contributed by atoms with van der Waals surface area (Å²) >= 11 is 0. The largest absolute Gasteiger partial charge is 0.398 e. The van der Waals surface area contributed by atoms with Crippen LogP contribution in [-0.4, -0.2) is 55.0 Å². The first-order chi connectivity index (χ1) is 14.4. The van der Waals surface area contributed by atoms with E-state index in [1.54, 1.807) is 11.1 Å². The number of benzene rings is 1. The lowest BCUT2D eigenvalue weighted by Crippen LogP contribution is -2.40. The second kappa shape index (κ2) is 8.93. The highest BCUT2D eigenvalue weighted by Crippen LogP contribution is 2.25. The van der Waals surface area contributed by atoms with E-state index in [-0.39, 0.29) is 29.3 Å². The van der Waals surface area contributed by atoms with E-state index in [4.69, 9.17) is 19.8 Å². The van der Waals surface area contributed by atoms with Gasteiger partial charge in [0.2, 0.25) is 5.82 Å². The lowest BCUT2D eigenvalue weighted by Gasteiger charge is -2.31. The Balaban J connectivity index is 1.51. The number of aromatic nitrogens is 2. The van der Waals surface area contributed by atoms with Crippen LogP contribution < -0.4 is 5.73 Å². The molecule has 0 radical (unpaired) electrons. The van der Waals surface area contributed by atoms with Crippen LogP contribution in [0.3, 0.4) is 0 Å². The summed E-state index contributed by atoms with van der Waals surface area (Å²) in [4.78, 5) is 21.7. The van der Waals surface area contributed by atoms with Gasteiger partial charge >= 0.3 is 5.97 Å². The Morgan fingerprint density at radius 3 is 2.55 bits per heavy atom. The molecule has 0 bridgehead atoms. The Hall–Kier alpha value is -2.50. The number of nitrogens with two attached hydrogens (primary N) is 1. The van der Waals surface area contributed by atoms with Crippen LogP contribution in [0.25, 0.3) is 11.4 Å². The molecule has 2 N–H and O–H groups in total. The van der Waals surface area contributed by atoms with Gasteiger partial charge in [0, 0.05) is 24.9 Å². The highest BCUT2D eigenvalue weighted by atomic mass is 32.2. The van der Waals surface area contributed by atoms with E-state index >= 15 is 0 Å². The molecule has 1 aromatic carbocycles. The number of hydroxylamine groups is 2. The molecule has 2 heterocycles. The predicted molar refractivity (Wildman–Crippen MR) is 112 cm³/mol. The van der Waals surface area contributed by atoms with Crippen molar-refractivity contribution in [3.05, 3.63) is 24.1 Å². The number of rotatable bonds is 6. The van der Waals surface area contributed by atoms with E-state index in [1.807, 2.05) is 20.8 Å². The molecular formula is C20H28N4O6S. The van der Waals surface area contributed by atoms with Crippen molar-refractivity contribution in [2.24, 2.45) is 5.41 Å². The fourth-order valence-electron chi connectivity index (χ4n) is 2.99. The highest BCUT2D eigenvalue weighted by molar-refractivity contribution is 7.90. The van der Waals surface area contributed by atoms with E-state index in [0.29, 0.717) is 43.2 Å². The molecule has 0 saturated carbocycles. The van der Waals surface area contributed by atoms with Crippen molar-refractivity contribution < 1.29 is 27.3 Å². The van der Waals surface area contributed by atoms with Crippen LogP contribution in [0.4, 0.5) is 5.69 Å². The third-order valence-electron chi connectivity index (χ3n) is 4.80. The van der Waals surface area contributed by atoms with Crippen molar-refractivity contribution in [2.75, 3.05) is 25.1 Å². The van der Waals surface area contributed by atoms with Gasteiger partial charge in [-0.3, -0.25) is 0 Å². The zero-order valence-corrected chi connectivity index (χ0v) is 18.9. The number of hydrogen-bond donors (Lipinski definition) is 1. The van der Waals surface area contributed by atoms with Gasteiger partial charge in [0.25, 0.3) is 5.89 Å². The first kappa shape index (κ1) is 23.2. The molecule has 11 heteroatoms. The zero-order chi connectivity index (χ0) is 22.8. The molecule has 0 aliphatic carbocycles.